The minimum Gasteiger partial charge on any atom is -0.508 e. The van der Waals surface area contributed by atoms with E-state index in [1.165, 1.54) is 0 Å². The van der Waals surface area contributed by atoms with E-state index < -0.39 is 0 Å². The van der Waals surface area contributed by atoms with Crippen molar-refractivity contribution >= 4 is 16.7 Å². The number of nitrogens with two attached hydrogens (primary N) is 1. The number of phenols is 1. The molecular formula is C8H9N3O. The van der Waals surface area contributed by atoms with Gasteiger partial charge in [0.05, 0.1) is 5.52 Å². The average Bonchev–Trinajstić information content (AvgIpc) is 2.35. The largest absolute Gasteiger partial charge is 0.508 e. The number of nitrogen functional groups attached to an aromatic ring is 1. The Morgan fingerprint density at radius 2 is 2.25 bits per heavy atom. The van der Waals surface area contributed by atoms with Gasteiger partial charge in [-0.25, -0.2) is 0 Å². The molecule has 4 nitrogen and oxygen atoms in total. The van der Waals surface area contributed by atoms with Gasteiger partial charge < -0.3 is 10.8 Å². The molecular weight excluding hydrogens is 154 g/mol. The van der Waals surface area contributed by atoms with Gasteiger partial charge >= 0.3 is 0 Å². The van der Waals surface area contributed by atoms with Crippen LogP contribution in [-0.2, 0) is 0 Å². The van der Waals surface area contributed by atoms with Crippen LogP contribution in [0, 0.1) is 6.92 Å². The molecule has 0 saturated carbocycles. The summed E-state index contributed by atoms with van der Waals surface area (Å²) in [5, 5.41) is 16.7. The van der Waals surface area contributed by atoms with Crippen LogP contribution in [0.1, 0.15) is 5.56 Å². The van der Waals surface area contributed by atoms with E-state index in [1.54, 1.807) is 6.07 Å². The third kappa shape index (κ3) is 0.812. The molecule has 0 bridgehead atoms. The number of aromatic amines is 1. The maximum absolute atomic E-state index is 9.34. The highest BCUT2D eigenvalue weighted by atomic mass is 16.3. The van der Waals surface area contributed by atoms with E-state index in [0.717, 1.165) is 16.5 Å². The number of rotatable bonds is 0. The van der Waals surface area contributed by atoms with Crippen molar-refractivity contribution in [3.8, 4) is 5.75 Å². The zero-order valence-electron chi connectivity index (χ0n) is 6.63. The molecule has 4 N–H and O–H groups in total. The van der Waals surface area contributed by atoms with E-state index >= 15 is 0 Å². The zero-order valence-corrected chi connectivity index (χ0v) is 6.63. The standard InChI is InChI=1S/C8H9N3O/c1-4-2-5-6(3-7(4)12)10-11-8(5)9/h2-3,12H,1H3,(H3,9,10,11). The van der Waals surface area contributed by atoms with Gasteiger partial charge in [-0.3, -0.25) is 5.10 Å². The Morgan fingerprint density at radius 1 is 1.50 bits per heavy atom. The molecule has 4 heteroatoms. The maximum Gasteiger partial charge on any atom is 0.153 e. The van der Waals surface area contributed by atoms with Crippen LogP contribution in [-0.4, -0.2) is 15.3 Å². The normalized spacial score (nSPS) is 10.8. The molecule has 0 atom stereocenters. The van der Waals surface area contributed by atoms with Crippen molar-refractivity contribution in [3.63, 3.8) is 0 Å². The van der Waals surface area contributed by atoms with Crippen molar-refractivity contribution in [2.45, 2.75) is 6.92 Å². The minimum atomic E-state index is 0.256. The van der Waals surface area contributed by atoms with Crippen molar-refractivity contribution in [3.05, 3.63) is 17.7 Å². The second-order valence-electron chi connectivity index (χ2n) is 2.79. The predicted molar refractivity (Wildman–Crippen MR) is 46.9 cm³/mol. The van der Waals surface area contributed by atoms with Gasteiger partial charge in [0.25, 0.3) is 0 Å². The van der Waals surface area contributed by atoms with E-state index in [9.17, 15) is 5.11 Å². The lowest BCUT2D eigenvalue weighted by atomic mass is 10.1. The summed E-state index contributed by atoms with van der Waals surface area (Å²) in [4.78, 5) is 0. The molecule has 0 radical (unpaired) electrons. The number of nitrogens with zero attached hydrogens (tertiary/aromatic N) is 1. The molecule has 1 aromatic carbocycles. The average molecular weight is 163 g/mol. The second kappa shape index (κ2) is 2.14. The lowest BCUT2D eigenvalue weighted by Gasteiger charge is -1.97. The molecule has 0 saturated heterocycles. The summed E-state index contributed by atoms with van der Waals surface area (Å²) in [7, 11) is 0. The number of hydrogen-bond acceptors (Lipinski definition) is 3. The van der Waals surface area contributed by atoms with Gasteiger partial charge in [0.1, 0.15) is 5.75 Å². The molecule has 1 heterocycles. The van der Waals surface area contributed by atoms with E-state index in [2.05, 4.69) is 10.2 Å². The van der Waals surface area contributed by atoms with Crippen LogP contribution in [0.15, 0.2) is 12.1 Å². The number of nitrogens with one attached hydrogen (secondary N) is 1. The maximum atomic E-state index is 9.34. The molecule has 62 valence electrons. The Labute approximate surface area is 69.0 Å². The fraction of sp³-hybridized carbons (Fsp3) is 0.125. The van der Waals surface area contributed by atoms with Crippen LogP contribution in [0.2, 0.25) is 0 Å². The highest BCUT2D eigenvalue weighted by Crippen LogP contribution is 2.25. The molecule has 0 aliphatic heterocycles. The number of phenolic OH excluding ortho intramolecular Hbond substituents is 1. The van der Waals surface area contributed by atoms with Crippen LogP contribution >= 0.6 is 0 Å². The van der Waals surface area contributed by atoms with Gasteiger partial charge in [0, 0.05) is 11.5 Å². The highest BCUT2D eigenvalue weighted by Gasteiger charge is 2.04. The van der Waals surface area contributed by atoms with Gasteiger partial charge in [-0.05, 0) is 18.6 Å². The third-order valence-corrected chi connectivity index (χ3v) is 1.91. The summed E-state index contributed by atoms with van der Waals surface area (Å²) in [6.45, 7) is 1.82. The van der Waals surface area contributed by atoms with Crippen LogP contribution in [0.4, 0.5) is 5.82 Å². The lowest BCUT2D eigenvalue weighted by Crippen LogP contribution is -1.84. The summed E-state index contributed by atoms with van der Waals surface area (Å²) in [5.41, 5.74) is 7.13. The fourth-order valence-corrected chi connectivity index (χ4v) is 1.18. The van der Waals surface area contributed by atoms with Gasteiger partial charge in [0.15, 0.2) is 5.82 Å². The van der Waals surface area contributed by atoms with E-state index in [4.69, 9.17) is 5.73 Å². The quantitative estimate of drug-likeness (QED) is 0.545. The Bertz CT molecular complexity index is 433. The third-order valence-electron chi connectivity index (χ3n) is 1.91. The zero-order chi connectivity index (χ0) is 8.72. The van der Waals surface area contributed by atoms with Gasteiger partial charge in [-0.15, -0.1) is 0 Å². The highest BCUT2D eigenvalue weighted by molar-refractivity contribution is 5.90. The van der Waals surface area contributed by atoms with Crippen molar-refractivity contribution in [1.29, 1.82) is 0 Å². The number of anilines is 1. The first-order valence-corrected chi connectivity index (χ1v) is 3.61. The molecule has 0 aliphatic rings. The molecule has 0 unspecified atom stereocenters. The number of hydrogen-bond donors (Lipinski definition) is 3. The number of fused-ring (bicyclic) bond motifs is 1. The monoisotopic (exact) mass is 163 g/mol. The van der Waals surface area contributed by atoms with Crippen molar-refractivity contribution in [1.82, 2.24) is 10.2 Å². The number of aryl methyl sites for hydroxylation is 1. The second-order valence-corrected chi connectivity index (χ2v) is 2.79. The minimum absolute atomic E-state index is 0.256. The molecule has 0 aliphatic carbocycles. The number of benzene rings is 1. The van der Waals surface area contributed by atoms with Crippen molar-refractivity contribution in [2.75, 3.05) is 5.73 Å². The molecule has 12 heavy (non-hydrogen) atoms. The Kier molecular flexibility index (Phi) is 1.24. The Hall–Kier alpha value is -1.71. The van der Waals surface area contributed by atoms with Gasteiger partial charge in [-0.1, -0.05) is 0 Å². The SMILES string of the molecule is Cc1cc2c(N)n[nH]c2cc1O. The first kappa shape index (κ1) is 6.97. The number of aromatic hydroxyl groups is 1. The molecule has 0 fully saturated rings. The first-order chi connectivity index (χ1) is 5.68. The summed E-state index contributed by atoms with van der Waals surface area (Å²) in [6.07, 6.45) is 0. The summed E-state index contributed by atoms with van der Waals surface area (Å²) in [5.74, 6) is 0.722. The van der Waals surface area contributed by atoms with Gasteiger partial charge in [0.2, 0.25) is 0 Å². The van der Waals surface area contributed by atoms with E-state index in [-0.39, 0.29) is 5.75 Å². The summed E-state index contributed by atoms with van der Waals surface area (Å²) >= 11 is 0. The smallest absolute Gasteiger partial charge is 0.153 e. The number of H-pyrrole nitrogens is 1. The van der Waals surface area contributed by atoms with Crippen LogP contribution in [0.3, 0.4) is 0 Å². The Balaban J connectivity index is 2.87. The van der Waals surface area contributed by atoms with Crippen molar-refractivity contribution in [2.24, 2.45) is 0 Å². The van der Waals surface area contributed by atoms with Crippen LogP contribution in [0.25, 0.3) is 10.9 Å². The molecule has 2 aromatic rings. The van der Waals surface area contributed by atoms with Crippen molar-refractivity contribution < 1.29 is 5.11 Å². The summed E-state index contributed by atoms with van der Waals surface area (Å²) in [6, 6.07) is 3.43. The number of aromatic nitrogens is 2. The van der Waals surface area contributed by atoms with E-state index in [1.807, 2.05) is 13.0 Å². The van der Waals surface area contributed by atoms with Crippen LogP contribution < -0.4 is 5.73 Å². The van der Waals surface area contributed by atoms with Gasteiger partial charge in [-0.2, -0.15) is 5.10 Å². The topological polar surface area (TPSA) is 74.9 Å². The summed E-state index contributed by atoms with van der Waals surface area (Å²) < 4.78 is 0. The lowest BCUT2D eigenvalue weighted by molar-refractivity contribution is 0.472. The molecule has 0 amide bonds. The van der Waals surface area contributed by atoms with E-state index in [0.29, 0.717) is 5.82 Å². The fourth-order valence-electron chi connectivity index (χ4n) is 1.18. The molecule has 0 spiro atoms. The molecule has 2 rings (SSSR count). The van der Waals surface area contributed by atoms with Crippen LogP contribution in [0.5, 0.6) is 5.75 Å². The first-order valence-electron chi connectivity index (χ1n) is 3.61. The molecule has 1 aromatic heterocycles. The Morgan fingerprint density at radius 3 is 3.00 bits per heavy atom. The predicted octanol–water partition coefficient (Wildman–Crippen LogP) is 1.16.